The number of amides is 1. The summed E-state index contributed by atoms with van der Waals surface area (Å²) in [5.41, 5.74) is 0. The summed E-state index contributed by atoms with van der Waals surface area (Å²) in [5.74, 6) is 0. The number of halogens is 6. The van der Waals surface area contributed by atoms with Crippen molar-refractivity contribution in [3.8, 4) is 0 Å². The van der Waals surface area contributed by atoms with E-state index >= 15 is 0 Å². The summed E-state index contributed by atoms with van der Waals surface area (Å²) in [6.07, 6.45) is -0.544. The van der Waals surface area contributed by atoms with Crippen LogP contribution in [0.5, 0.6) is 0 Å². The number of carbonyl (C=O) groups excluding carboxylic acids is 2. The molecule has 12 heteroatoms. The van der Waals surface area contributed by atoms with Crippen LogP contribution in [-0.2, 0) is 19.0 Å². The quantitative estimate of drug-likeness (QED) is 0.376. The lowest BCUT2D eigenvalue weighted by Crippen LogP contribution is -2.34. The molecule has 0 saturated carbocycles. The average Bonchev–Trinajstić information content (AvgIpc) is 2.25. The summed E-state index contributed by atoms with van der Waals surface area (Å²) in [7, 11) is 0. The van der Waals surface area contributed by atoms with E-state index < -0.39 is 14.1 Å². The third kappa shape index (κ3) is 13.4. The highest BCUT2D eigenvalue weighted by molar-refractivity contribution is 6.67. The van der Waals surface area contributed by atoms with Crippen LogP contribution in [0.15, 0.2) is 0 Å². The van der Waals surface area contributed by atoms with E-state index in [0.29, 0.717) is 13.2 Å². The number of carbonyl (C=O) groups is 2. The molecule has 0 spiro atoms. The van der Waals surface area contributed by atoms with Crippen LogP contribution in [0, 0.1) is 0 Å². The van der Waals surface area contributed by atoms with Crippen molar-refractivity contribution in [2.24, 2.45) is 0 Å². The Balaban J connectivity index is 0.000000388. The highest BCUT2D eigenvalue weighted by atomic mass is 35.6. The van der Waals surface area contributed by atoms with Crippen LogP contribution in [0.4, 0.5) is 4.79 Å². The van der Waals surface area contributed by atoms with Gasteiger partial charge in [-0.2, -0.15) is 0 Å². The zero-order valence-electron chi connectivity index (χ0n) is 9.66. The fourth-order valence-electron chi connectivity index (χ4n) is 0.893. The molecular weight excluding hydrogens is 403 g/mol. The first-order valence-corrected chi connectivity index (χ1v) is 7.13. The SMILES string of the molecule is O=C(OC(Cl)(Cl)Cl)OC(Cl)(Cl)Cl.O=CN1CCOCC1. The number of hydrogen-bond acceptors (Lipinski definition) is 5. The zero-order valence-corrected chi connectivity index (χ0v) is 14.2. The lowest BCUT2D eigenvalue weighted by atomic mass is 10.5. The lowest BCUT2D eigenvalue weighted by molar-refractivity contribution is -0.121. The second kappa shape index (κ2) is 9.46. The van der Waals surface area contributed by atoms with Crippen LogP contribution < -0.4 is 0 Å². The highest BCUT2D eigenvalue weighted by Crippen LogP contribution is 2.32. The molecule has 1 rings (SSSR count). The summed E-state index contributed by atoms with van der Waals surface area (Å²) in [4.78, 5) is 22.3. The number of ether oxygens (including phenoxy) is 3. The van der Waals surface area contributed by atoms with E-state index in [2.05, 4.69) is 9.47 Å². The fourth-order valence-corrected chi connectivity index (χ4v) is 1.27. The van der Waals surface area contributed by atoms with E-state index in [1.807, 2.05) is 0 Å². The fraction of sp³-hybridized carbons (Fsp3) is 0.750. The molecule has 0 aliphatic carbocycles. The molecule has 6 nitrogen and oxygen atoms in total. The molecule has 118 valence electrons. The van der Waals surface area contributed by atoms with Crippen LogP contribution in [0.3, 0.4) is 0 Å². The van der Waals surface area contributed by atoms with Crippen molar-refractivity contribution in [2.75, 3.05) is 26.3 Å². The molecule has 1 aliphatic heterocycles. The molecule has 0 aromatic heterocycles. The minimum Gasteiger partial charge on any atom is -0.382 e. The van der Waals surface area contributed by atoms with Gasteiger partial charge in [0.2, 0.25) is 6.41 Å². The maximum atomic E-state index is 10.5. The van der Waals surface area contributed by atoms with Crippen molar-refractivity contribution < 1.29 is 23.8 Å². The molecule has 1 fully saturated rings. The minimum atomic E-state index is -2.24. The summed E-state index contributed by atoms with van der Waals surface area (Å²) in [5, 5.41) is 0. The monoisotopic (exact) mass is 409 g/mol. The van der Waals surface area contributed by atoms with Crippen LogP contribution in [0.25, 0.3) is 0 Å². The van der Waals surface area contributed by atoms with Crippen molar-refractivity contribution in [1.29, 1.82) is 0 Å². The third-order valence-electron chi connectivity index (χ3n) is 1.59. The summed E-state index contributed by atoms with van der Waals surface area (Å²) in [6.45, 7) is 2.89. The Labute approximate surface area is 145 Å². The van der Waals surface area contributed by atoms with Gasteiger partial charge in [0.1, 0.15) is 0 Å². The van der Waals surface area contributed by atoms with Crippen LogP contribution in [0.2, 0.25) is 0 Å². The Hall–Kier alpha value is 0.440. The van der Waals surface area contributed by atoms with Gasteiger partial charge in [-0.1, -0.05) is 0 Å². The van der Waals surface area contributed by atoms with E-state index in [4.69, 9.17) is 74.3 Å². The number of hydrogen-bond donors (Lipinski definition) is 0. The summed E-state index contributed by atoms with van der Waals surface area (Å²) in [6, 6.07) is 0. The van der Waals surface area contributed by atoms with E-state index in [-0.39, 0.29) is 0 Å². The van der Waals surface area contributed by atoms with Crippen molar-refractivity contribution in [3.05, 3.63) is 0 Å². The van der Waals surface area contributed by atoms with Gasteiger partial charge in [0.05, 0.1) is 13.2 Å². The van der Waals surface area contributed by atoms with E-state index in [1.165, 1.54) is 0 Å². The van der Waals surface area contributed by atoms with Gasteiger partial charge in [0, 0.05) is 13.1 Å². The molecule has 0 atom stereocenters. The van der Waals surface area contributed by atoms with E-state index in [9.17, 15) is 9.59 Å². The number of rotatable bonds is 1. The Morgan fingerprint density at radius 2 is 1.40 bits per heavy atom. The Kier molecular flexibility index (Phi) is 9.66. The van der Waals surface area contributed by atoms with Crippen molar-refractivity contribution in [3.63, 3.8) is 0 Å². The van der Waals surface area contributed by atoms with Crippen LogP contribution >= 0.6 is 69.6 Å². The molecule has 0 radical (unpaired) electrons. The normalized spacial score (nSPS) is 15.8. The van der Waals surface area contributed by atoms with Crippen LogP contribution in [-0.4, -0.2) is 51.7 Å². The number of nitrogens with zero attached hydrogens (tertiary/aromatic N) is 1. The van der Waals surface area contributed by atoms with E-state index in [1.54, 1.807) is 4.90 Å². The molecule has 0 N–H and O–H groups in total. The predicted molar refractivity (Wildman–Crippen MR) is 76.6 cm³/mol. The number of morpholine rings is 1. The molecule has 20 heavy (non-hydrogen) atoms. The predicted octanol–water partition coefficient (Wildman–Crippen LogP) is 3.27. The molecule has 1 saturated heterocycles. The van der Waals surface area contributed by atoms with Gasteiger partial charge in [-0.15, -0.1) is 0 Å². The third-order valence-corrected chi connectivity index (χ3v) is 2.06. The van der Waals surface area contributed by atoms with Gasteiger partial charge < -0.3 is 19.1 Å². The first-order chi connectivity index (χ1) is 9.03. The molecule has 1 amide bonds. The molecule has 1 heterocycles. The summed E-state index contributed by atoms with van der Waals surface area (Å²) >= 11 is 30.2. The maximum Gasteiger partial charge on any atom is 0.515 e. The second-order valence-corrected chi connectivity index (χ2v) is 7.45. The topological polar surface area (TPSA) is 65.1 Å². The van der Waals surface area contributed by atoms with Crippen molar-refractivity contribution >= 4 is 82.2 Å². The smallest absolute Gasteiger partial charge is 0.382 e. The maximum absolute atomic E-state index is 10.5. The standard InChI is InChI=1S/C5H9NO2.C3Cl6O3/c7-5-6-1-3-8-4-2-6;4-2(5,6)11-1(10)12-3(7,8)9/h5H,1-4H2;. The minimum absolute atomic E-state index is 0.693. The first-order valence-electron chi connectivity index (χ1n) is 4.86. The van der Waals surface area contributed by atoms with Gasteiger partial charge >= 0.3 is 14.1 Å². The molecule has 0 bridgehead atoms. The second-order valence-electron chi connectivity index (χ2n) is 3.10. The largest absolute Gasteiger partial charge is 0.515 e. The summed E-state index contributed by atoms with van der Waals surface area (Å²) < 4.78 is 8.51. The average molecular weight is 412 g/mol. The molecule has 0 aromatic carbocycles. The van der Waals surface area contributed by atoms with Crippen LogP contribution in [0.1, 0.15) is 0 Å². The van der Waals surface area contributed by atoms with Gasteiger partial charge in [0.25, 0.3) is 0 Å². The van der Waals surface area contributed by atoms with Gasteiger partial charge in [0.15, 0.2) is 0 Å². The highest BCUT2D eigenvalue weighted by Gasteiger charge is 2.32. The lowest BCUT2D eigenvalue weighted by Gasteiger charge is -2.21. The first kappa shape index (κ1) is 20.4. The molecular formula is C8H9Cl6NO5. The number of alkyl halides is 6. The Morgan fingerprint density at radius 1 is 1.00 bits per heavy atom. The van der Waals surface area contributed by atoms with Gasteiger partial charge in [-0.05, 0) is 69.6 Å². The Bertz CT molecular complexity index is 293. The van der Waals surface area contributed by atoms with Gasteiger partial charge in [-0.3, -0.25) is 4.79 Å². The molecule has 0 aromatic rings. The molecule has 1 aliphatic rings. The molecule has 0 unspecified atom stereocenters. The van der Waals surface area contributed by atoms with E-state index in [0.717, 1.165) is 19.5 Å². The Morgan fingerprint density at radius 3 is 1.65 bits per heavy atom. The van der Waals surface area contributed by atoms with Crippen molar-refractivity contribution in [1.82, 2.24) is 4.90 Å². The van der Waals surface area contributed by atoms with Gasteiger partial charge in [-0.25, -0.2) is 4.79 Å². The zero-order chi connectivity index (χ0) is 15.8. The van der Waals surface area contributed by atoms with Crippen molar-refractivity contribution in [2.45, 2.75) is 7.96 Å².